The lowest BCUT2D eigenvalue weighted by molar-refractivity contribution is -0.272. The first-order valence-corrected chi connectivity index (χ1v) is 5.50. The Hall–Kier alpha value is -0.200. The van der Waals surface area contributed by atoms with E-state index < -0.39 is 6.29 Å². The van der Waals surface area contributed by atoms with Gasteiger partial charge in [-0.05, 0) is 0 Å². The van der Waals surface area contributed by atoms with Crippen LogP contribution in [0.4, 0.5) is 0 Å². The summed E-state index contributed by atoms with van der Waals surface area (Å²) in [6, 6.07) is 0. The van der Waals surface area contributed by atoms with Crippen molar-refractivity contribution in [1.82, 2.24) is 0 Å². The lowest BCUT2D eigenvalue weighted by Crippen LogP contribution is -2.53. The zero-order valence-corrected chi connectivity index (χ0v) is 10.4. The molecule has 1 rings (SSSR count). The van der Waals surface area contributed by atoms with Crippen molar-refractivity contribution in [3.63, 3.8) is 0 Å². The van der Waals surface area contributed by atoms with Gasteiger partial charge < -0.3 is 24.1 Å². The molecule has 0 spiro atoms. The molecule has 1 N–H and O–H groups in total. The van der Waals surface area contributed by atoms with Crippen molar-refractivity contribution in [2.75, 3.05) is 34.5 Å². The Morgan fingerprint density at radius 2 is 1.88 bits per heavy atom. The van der Waals surface area contributed by atoms with Crippen LogP contribution in [-0.4, -0.2) is 58.1 Å². The van der Waals surface area contributed by atoms with Crippen LogP contribution in [-0.2, 0) is 18.9 Å². The van der Waals surface area contributed by atoms with Gasteiger partial charge in [0.05, 0.1) is 31.3 Å². The van der Waals surface area contributed by atoms with E-state index >= 15 is 0 Å². The molecular weight excluding hydrogens is 212 g/mol. The quantitative estimate of drug-likeness (QED) is 0.739. The van der Waals surface area contributed by atoms with Gasteiger partial charge in [-0.3, -0.25) is 0 Å². The summed E-state index contributed by atoms with van der Waals surface area (Å²) < 4.78 is 21.5. The minimum Gasteiger partial charge on any atom is -0.396 e. The number of hydrogen-bond donors (Lipinski definition) is 1. The van der Waals surface area contributed by atoms with Crippen LogP contribution in [0.25, 0.3) is 0 Å². The molecule has 1 aliphatic rings. The highest BCUT2D eigenvalue weighted by Gasteiger charge is 2.43. The Bertz CT molecular complexity index is 199. The molecule has 1 saturated heterocycles. The SMILES string of the molecule is COCC1OC(OC)C(CO)C(OC)C1C. The summed E-state index contributed by atoms with van der Waals surface area (Å²) in [5, 5.41) is 9.36. The molecule has 5 nitrogen and oxygen atoms in total. The molecule has 96 valence electrons. The van der Waals surface area contributed by atoms with Gasteiger partial charge in [-0.2, -0.15) is 0 Å². The van der Waals surface area contributed by atoms with Crippen molar-refractivity contribution in [2.24, 2.45) is 11.8 Å². The fourth-order valence-corrected chi connectivity index (χ4v) is 2.32. The number of aliphatic hydroxyl groups is 1. The van der Waals surface area contributed by atoms with Gasteiger partial charge >= 0.3 is 0 Å². The zero-order chi connectivity index (χ0) is 12.1. The van der Waals surface area contributed by atoms with Gasteiger partial charge in [0, 0.05) is 27.2 Å². The van der Waals surface area contributed by atoms with Gasteiger partial charge in [-0.25, -0.2) is 0 Å². The summed E-state index contributed by atoms with van der Waals surface area (Å²) in [4.78, 5) is 0. The predicted octanol–water partition coefficient (Wildman–Crippen LogP) is 0.264. The molecule has 0 aromatic carbocycles. The zero-order valence-electron chi connectivity index (χ0n) is 10.4. The predicted molar refractivity (Wildman–Crippen MR) is 58.1 cm³/mol. The molecule has 5 unspecified atom stereocenters. The van der Waals surface area contributed by atoms with Crippen LogP contribution in [0.2, 0.25) is 0 Å². The second-order valence-corrected chi connectivity index (χ2v) is 4.14. The van der Waals surface area contributed by atoms with Crippen molar-refractivity contribution in [3.8, 4) is 0 Å². The van der Waals surface area contributed by atoms with Crippen LogP contribution in [0, 0.1) is 11.8 Å². The first-order chi connectivity index (χ1) is 7.69. The Kier molecular flexibility index (Phi) is 5.64. The highest BCUT2D eigenvalue weighted by atomic mass is 16.7. The standard InChI is InChI=1S/C11H22O5/c1-7-9(6-13-2)16-11(15-4)8(5-12)10(7)14-3/h7-12H,5-6H2,1-4H3. The maximum Gasteiger partial charge on any atom is 0.165 e. The smallest absolute Gasteiger partial charge is 0.165 e. The van der Waals surface area contributed by atoms with Crippen LogP contribution >= 0.6 is 0 Å². The second-order valence-electron chi connectivity index (χ2n) is 4.14. The molecule has 16 heavy (non-hydrogen) atoms. The normalized spacial score (nSPS) is 39.9. The van der Waals surface area contributed by atoms with E-state index in [1.807, 2.05) is 6.92 Å². The van der Waals surface area contributed by atoms with Gasteiger partial charge in [0.1, 0.15) is 0 Å². The van der Waals surface area contributed by atoms with E-state index in [1.54, 1.807) is 21.3 Å². The Balaban J connectivity index is 2.76. The minimum atomic E-state index is -0.439. The third-order valence-corrected chi connectivity index (χ3v) is 3.23. The third kappa shape index (κ3) is 2.73. The van der Waals surface area contributed by atoms with E-state index in [9.17, 15) is 5.11 Å². The van der Waals surface area contributed by atoms with E-state index in [4.69, 9.17) is 18.9 Å². The number of hydrogen-bond acceptors (Lipinski definition) is 5. The highest BCUT2D eigenvalue weighted by Crippen LogP contribution is 2.32. The molecule has 0 aromatic heterocycles. The van der Waals surface area contributed by atoms with Crippen LogP contribution in [0.15, 0.2) is 0 Å². The van der Waals surface area contributed by atoms with E-state index in [0.29, 0.717) is 6.61 Å². The van der Waals surface area contributed by atoms with Crippen molar-refractivity contribution in [3.05, 3.63) is 0 Å². The number of ether oxygens (including phenoxy) is 4. The summed E-state index contributed by atoms with van der Waals surface area (Å²) in [6.45, 7) is 2.52. The summed E-state index contributed by atoms with van der Waals surface area (Å²) in [6.07, 6.45) is -0.585. The van der Waals surface area contributed by atoms with Gasteiger partial charge in [0.25, 0.3) is 0 Å². The van der Waals surface area contributed by atoms with Crippen molar-refractivity contribution < 1.29 is 24.1 Å². The first-order valence-electron chi connectivity index (χ1n) is 5.50. The van der Waals surface area contributed by atoms with Crippen LogP contribution in [0.3, 0.4) is 0 Å². The molecule has 0 saturated carbocycles. The maximum absolute atomic E-state index is 9.36. The van der Waals surface area contributed by atoms with E-state index in [-0.39, 0.29) is 30.7 Å². The largest absolute Gasteiger partial charge is 0.396 e. The minimum absolute atomic E-state index is 0.0128. The highest BCUT2D eigenvalue weighted by molar-refractivity contribution is 4.87. The van der Waals surface area contributed by atoms with E-state index in [0.717, 1.165) is 0 Å². The van der Waals surface area contributed by atoms with Crippen molar-refractivity contribution in [1.29, 1.82) is 0 Å². The monoisotopic (exact) mass is 234 g/mol. The lowest BCUT2D eigenvalue weighted by atomic mass is 9.85. The molecular formula is C11H22O5. The Morgan fingerprint density at radius 1 is 1.19 bits per heavy atom. The lowest BCUT2D eigenvalue weighted by Gasteiger charge is -2.43. The molecule has 0 aliphatic carbocycles. The van der Waals surface area contributed by atoms with Crippen LogP contribution in [0.5, 0.6) is 0 Å². The fourth-order valence-electron chi connectivity index (χ4n) is 2.32. The van der Waals surface area contributed by atoms with Gasteiger partial charge in [-0.15, -0.1) is 0 Å². The third-order valence-electron chi connectivity index (χ3n) is 3.23. The second kappa shape index (κ2) is 6.51. The summed E-state index contributed by atoms with van der Waals surface area (Å²) in [5.74, 6) is 0.00612. The average Bonchev–Trinajstić information content (AvgIpc) is 2.31. The molecule has 0 radical (unpaired) electrons. The van der Waals surface area contributed by atoms with Crippen LogP contribution in [0.1, 0.15) is 6.92 Å². The Morgan fingerprint density at radius 3 is 2.31 bits per heavy atom. The van der Waals surface area contributed by atoms with Crippen molar-refractivity contribution >= 4 is 0 Å². The molecule has 1 fully saturated rings. The van der Waals surface area contributed by atoms with E-state index in [1.165, 1.54) is 0 Å². The van der Waals surface area contributed by atoms with Crippen LogP contribution < -0.4 is 0 Å². The van der Waals surface area contributed by atoms with Gasteiger partial charge in [0.15, 0.2) is 6.29 Å². The topological polar surface area (TPSA) is 57.2 Å². The Labute approximate surface area is 96.6 Å². The first kappa shape index (κ1) is 13.9. The van der Waals surface area contributed by atoms with Gasteiger partial charge in [0.2, 0.25) is 0 Å². The average molecular weight is 234 g/mol. The summed E-state index contributed by atoms with van der Waals surface area (Å²) in [7, 11) is 4.85. The number of aliphatic hydroxyl groups excluding tert-OH is 1. The molecule has 5 heteroatoms. The summed E-state index contributed by atoms with van der Waals surface area (Å²) >= 11 is 0. The molecule has 0 amide bonds. The molecule has 1 aliphatic heterocycles. The molecule has 1 heterocycles. The number of methoxy groups -OCH3 is 3. The fraction of sp³-hybridized carbons (Fsp3) is 1.00. The van der Waals surface area contributed by atoms with Crippen molar-refractivity contribution in [2.45, 2.75) is 25.4 Å². The molecule has 0 bridgehead atoms. The van der Waals surface area contributed by atoms with Gasteiger partial charge in [-0.1, -0.05) is 6.92 Å². The van der Waals surface area contributed by atoms with E-state index in [2.05, 4.69) is 0 Å². The maximum atomic E-state index is 9.36. The molecule has 0 aromatic rings. The number of rotatable bonds is 5. The summed E-state index contributed by atoms with van der Waals surface area (Å²) in [5.41, 5.74) is 0. The molecule has 5 atom stereocenters.